The molecule has 1 N–H and O–H groups in total. The molecule has 4 nitrogen and oxygen atoms in total. The summed E-state index contributed by atoms with van der Waals surface area (Å²) in [6, 6.07) is 4.94. The van der Waals surface area contributed by atoms with E-state index in [0.29, 0.717) is 13.2 Å². The van der Waals surface area contributed by atoms with Gasteiger partial charge in [0.1, 0.15) is 0 Å². The van der Waals surface area contributed by atoms with Crippen molar-refractivity contribution in [3.63, 3.8) is 0 Å². The van der Waals surface area contributed by atoms with Crippen LogP contribution in [-0.4, -0.2) is 22.7 Å². The van der Waals surface area contributed by atoms with Gasteiger partial charge in [0.05, 0.1) is 30.0 Å². The standard InChI is InChI=1S/C14H14BrNO3S/c1-9-13(20-8-16-9)4-5-19-7-11-3-2-10(14(17)18)6-12(11)15/h2-3,6,8H,4-5,7H2,1H3,(H,17,18). The van der Waals surface area contributed by atoms with E-state index in [1.165, 1.54) is 4.88 Å². The lowest BCUT2D eigenvalue weighted by molar-refractivity contribution is 0.0696. The van der Waals surface area contributed by atoms with E-state index in [2.05, 4.69) is 20.9 Å². The molecule has 0 saturated carbocycles. The Kier molecular flexibility index (Phi) is 5.28. The Labute approximate surface area is 129 Å². The van der Waals surface area contributed by atoms with E-state index in [1.54, 1.807) is 29.5 Å². The van der Waals surface area contributed by atoms with Crippen LogP contribution in [0.1, 0.15) is 26.5 Å². The fourth-order valence-electron chi connectivity index (χ4n) is 1.71. The van der Waals surface area contributed by atoms with E-state index in [1.807, 2.05) is 12.4 Å². The summed E-state index contributed by atoms with van der Waals surface area (Å²) in [5, 5.41) is 8.89. The largest absolute Gasteiger partial charge is 0.478 e. The molecule has 0 amide bonds. The zero-order valence-corrected chi connectivity index (χ0v) is 13.3. The summed E-state index contributed by atoms with van der Waals surface area (Å²) in [5.74, 6) is -0.932. The van der Waals surface area contributed by atoms with Gasteiger partial charge in [-0.05, 0) is 24.6 Å². The van der Waals surface area contributed by atoms with Gasteiger partial charge in [0, 0.05) is 15.8 Å². The molecule has 1 heterocycles. The van der Waals surface area contributed by atoms with Gasteiger partial charge >= 0.3 is 5.97 Å². The third-order valence-corrected chi connectivity index (χ3v) is 4.61. The number of benzene rings is 1. The van der Waals surface area contributed by atoms with Crippen molar-refractivity contribution >= 4 is 33.2 Å². The van der Waals surface area contributed by atoms with Gasteiger partial charge in [0.15, 0.2) is 0 Å². The van der Waals surface area contributed by atoms with Crippen molar-refractivity contribution in [1.29, 1.82) is 0 Å². The quantitative estimate of drug-likeness (QED) is 0.803. The highest BCUT2D eigenvalue weighted by Crippen LogP contribution is 2.20. The van der Waals surface area contributed by atoms with E-state index in [0.717, 1.165) is 22.2 Å². The average molecular weight is 356 g/mol. The average Bonchev–Trinajstić information content (AvgIpc) is 2.81. The molecule has 0 saturated heterocycles. The summed E-state index contributed by atoms with van der Waals surface area (Å²) in [6.45, 7) is 3.07. The van der Waals surface area contributed by atoms with Crippen LogP contribution in [0, 0.1) is 6.92 Å². The molecule has 0 bridgehead atoms. The number of aromatic carboxylic acids is 1. The molecule has 0 spiro atoms. The Bertz CT molecular complexity index is 612. The number of hydrogen-bond donors (Lipinski definition) is 1. The minimum atomic E-state index is -0.932. The molecule has 2 rings (SSSR count). The minimum Gasteiger partial charge on any atom is -0.478 e. The first-order chi connectivity index (χ1) is 9.58. The number of ether oxygens (including phenoxy) is 1. The normalized spacial score (nSPS) is 10.7. The van der Waals surface area contributed by atoms with E-state index >= 15 is 0 Å². The summed E-state index contributed by atoms with van der Waals surface area (Å²) in [4.78, 5) is 16.3. The molecule has 0 aliphatic carbocycles. The second kappa shape index (κ2) is 6.97. The highest BCUT2D eigenvalue weighted by atomic mass is 79.9. The number of thiazole rings is 1. The number of aryl methyl sites for hydroxylation is 1. The molecule has 0 aliphatic heterocycles. The molecule has 6 heteroatoms. The monoisotopic (exact) mass is 355 g/mol. The van der Waals surface area contributed by atoms with Gasteiger partial charge in [-0.3, -0.25) is 0 Å². The Hall–Kier alpha value is -1.24. The van der Waals surface area contributed by atoms with Gasteiger partial charge in [0.2, 0.25) is 0 Å². The lowest BCUT2D eigenvalue weighted by atomic mass is 10.1. The maximum absolute atomic E-state index is 10.8. The lowest BCUT2D eigenvalue weighted by Gasteiger charge is -2.07. The van der Waals surface area contributed by atoms with E-state index in [9.17, 15) is 4.79 Å². The van der Waals surface area contributed by atoms with Crippen LogP contribution in [0.3, 0.4) is 0 Å². The van der Waals surface area contributed by atoms with Crippen LogP contribution in [0.2, 0.25) is 0 Å². The maximum atomic E-state index is 10.8. The number of nitrogens with zero attached hydrogens (tertiary/aromatic N) is 1. The predicted molar refractivity (Wildman–Crippen MR) is 81.3 cm³/mol. The third-order valence-electron chi connectivity index (χ3n) is 2.88. The molecule has 0 radical (unpaired) electrons. The van der Waals surface area contributed by atoms with Crippen LogP contribution in [0.15, 0.2) is 28.2 Å². The van der Waals surface area contributed by atoms with Gasteiger partial charge in [0.25, 0.3) is 0 Å². The number of carboxylic acid groups (broad SMARTS) is 1. The molecule has 1 aromatic heterocycles. The van der Waals surface area contributed by atoms with Gasteiger partial charge in [-0.15, -0.1) is 11.3 Å². The number of hydrogen-bond acceptors (Lipinski definition) is 4. The summed E-state index contributed by atoms with van der Waals surface area (Å²) < 4.78 is 6.39. The maximum Gasteiger partial charge on any atom is 0.335 e. The minimum absolute atomic E-state index is 0.265. The lowest BCUT2D eigenvalue weighted by Crippen LogP contribution is -2.01. The number of carboxylic acids is 1. The predicted octanol–water partition coefficient (Wildman–Crippen LogP) is 3.67. The molecule has 0 fully saturated rings. The Balaban J connectivity index is 1.85. The molecule has 2 aromatic rings. The third kappa shape index (κ3) is 3.88. The summed E-state index contributed by atoms with van der Waals surface area (Å²) in [7, 11) is 0. The van der Waals surface area contributed by atoms with Crippen molar-refractivity contribution in [3.05, 3.63) is 49.9 Å². The van der Waals surface area contributed by atoms with Gasteiger partial charge in [-0.2, -0.15) is 0 Å². The molecule has 0 unspecified atom stereocenters. The van der Waals surface area contributed by atoms with Gasteiger partial charge in [-0.1, -0.05) is 22.0 Å². The van der Waals surface area contributed by atoms with Crippen LogP contribution >= 0.6 is 27.3 Å². The van der Waals surface area contributed by atoms with Crippen LogP contribution in [0.25, 0.3) is 0 Å². The first-order valence-corrected chi connectivity index (χ1v) is 7.73. The van der Waals surface area contributed by atoms with Crippen molar-refractivity contribution in [2.24, 2.45) is 0 Å². The van der Waals surface area contributed by atoms with Crippen molar-refractivity contribution in [3.8, 4) is 0 Å². The summed E-state index contributed by atoms with van der Waals surface area (Å²) in [5.41, 5.74) is 4.11. The van der Waals surface area contributed by atoms with Crippen molar-refractivity contribution in [2.75, 3.05) is 6.61 Å². The fourth-order valence-corrected chi connectivity index (χ4v) is 2.97. The van der Waals surface area contributed by atoms with E-state index in [4.69, 9.17) is 9.84 Å². The Morgan fingerprint density at radius 3 is 2.90 bits per heavy atom. The fraction of sp³-hybridized carbons (Fsp3) is 0.286. The molecule has 0 atom stereocenters. The molecule has 1 aromatic carbocycles. The Morgan fingerprint density at radius 2 is 2.30 bits per heavy atom. The number of carbonyl (C=O) groups is 1. The highest BCUT2D eigenvalue weighted by molar-refractivity contribution is 9.10. The first-order valence-electron chi connectivity index (χ1n) is 6.06. The van der Waals surface area contributed by atoms with Gasteiger partial charge < -0.3 is 9.84 Å². The number of rotatable bonds is 6. The van der Waals surface area contributed by atoms with Gasteiger partial charge in [-0.25, -0.2) is 9.78 Å². The highest BCUT2D eigenvalue weighted by Gasteiger charge is 2.07. The first kappa shape index (κ1) is 15.2. The van der Waals surface area contributed by atoms with Crippen LogP contribution in [-0.2, 0) is 17.8 Å². The SMILES string of the molecule is Cc1ncsc1CCOCc1ccc(C(=O)O)cc1Br. The zero-order valence-electron chi connectivity index (χ0n) is 10.9. The van der Waals surface area contributed by atoms with E-state index in [-0.39, 0.29) is 5.56 Å². The molecule has 106 valence electrons. The van der Waals surface area contributed by atoms with Crippen molar-refractivity contribution in [1.82, 2.24) is 4.98 Å². The molecule has 0 aliphatic rings. The molecule has 20 heavy (non-hydrogen) atoms. The summed E-state index contributed by atoms with van der Waals surface area (Å²) >= 11 is 5.01. The zero-order chi connectivity index (χ0) is 14.5. The topological polar surface area (TPSA) is 59.4 Å². The Morgan fingerprint density at radius 1 is 1.50 bits per heavy atom. The second-order valence-electron chi connectivity index (χ2n) is 4.27. The van der Waals surface area contributed by atoms with Crippen molar-refractivity contribution in [2.45, 2.75) is 20.0 Å². The molecular formula is C14H14BrNO3S. The van der Waals surface area contributed by atoms with Crippen molar-refractivity contribution < 1.29 is 14.6 Å². The smallest absolute Gasteiger partial charge is 0.335 e. The van der Waals surface area contributed by atoms with Crippen LogP contribution < -0.4 is 0 Å². The van der Waals surface area contributed by atoms with E-state index < -0.39 is 5.97 Å². The summed E-state index contributed by atoms with van der Waals surface area (Å²) in [6.07, 6.45) is 0.849. The number of halogens is 1. The van der Waals surface area contributed by atoms with Crippen LogP contribution in [0.4, 0.5) is 0 Å². The number of aromatic nitrogens is 1. The second-order valence-corrected chi connectivity index (χ2v) is 6.07. The molecular weight excluding hydrogens is 342 g/mol. The van der Waals surface area contributed by atoms with Crippen LogP contribution in [0.5, 0.6) is 0 Å².